The second-order valence-corrected chi connectivity index (χ2v) is 5.51. The van der Waals surface area contributed by atoms with E-state index in [0.29, 0.717) is 11.5 Å². The van der Waals surface area contributed by atoms with Gasteiger partial charge in [-0.25, -0.2) is 0 Å². The van der Waals surface area contributed by atoms with E-state index < -0.39 is 16.8 Å². The molecule has 2 N–H and O–H groups in total. The van der Waals surface area contributed by atoms with Gasteiger partial charge in [-0.3, -0.25) is 9.00 Å². The minimum atomic E-state index is -0.671. The summed E-state index contributed by atoms with van der Waals surface area (Å²) < 4.78 is 11.1. The van der Waals surface area contributed by atoms with E-state index in [1.54, 1.807) is 18.9 Å². The second kappa shape index (κ2) is 4.89. The molecule has 0 bridgehead atoms. The predicted octanol–water partition coefficient (Wildman–Crippen LogP) is -0.297. The third-order valence-electron chi connectivity index (χ3n) is 2.64. The molecular formula is C9H18N2O2S. The van der Waals surface area contributed by atoms with Crippen molar-refractivity contribution in [1.82, 2.24) is 4.90 Å². The van der Waals surface area contributed by atoms with Crippen LogP contribution in [0.2, 0.25) is 0 Å². The summed E-state index contributed by atoms with van der Waals surface area (Å²) in [4.78, 5) is 13.3. The molecule has 1 aliphatic rings. The molecule has 1 unspecified atom stereocenters. The Hall–Kier alpha value is -0.420. The van der Waals surface area contributed by atoms with Crippen molar-refractivity contribution in [2.75, 3.05) is 18.6 Å². The maximum Gasteiger partial charge on any atom is 0.239 e. The Morgan fingerprint density at radius 3 is 2.43 bits per heavy atom. The van der Waals surface area contributed by atoms with Gasteiger partial charge >= 0.3 is 0 Å². The van der Waals surface area contributed by atoms with Gasteiger partial charge in [-0.1, -0.05) is 0 Å². The molecule has 1 heterocycles. The Morgan fingerprint density at radius 2 is 2.00 bits per heavy atom. The van der Waals surface area contributed by atoms with E-state index in [-0.39, 0.29) is 11.9 Å². The van der Waals surface area contributed by atoms with Gasteiger partial charge in [0.2, 0.25) is 5.91 Å². The van der Waals surface area contributed by atoms with Gasteiger partial charge < -0.3 is 10.6 Å². The van der Waals surface area contributed by atoms with Crippen molar-refractivity contribution in [3.8, 4) is 0 Å². The molecule has 0 saturated carbocycles. The van der Waals surface area contributed by atoms with Crippen LogP contribution in [-0.4, -0.2) is 45.7 Å². The van der Waals surface area contributed by atoms with Crippen molar-refractivity contribution < 1.29 is 9.00 Å². The summed E-state index contributed by atoms with van der Waals surface area (Å²) in [5.41, 5.74) is 5.52. The molecule has 14 heavy (non-hydrogen) atoms. The minimum absolute atomic E-state index is 0.0253. The number of likely N-dealkylation sites (N-methyl/N-ethyl adjacent to an activating group) is 1. The average molecular weight is 218 g/mol. The smallest absolute Gasteiger partial charge is 0.239 e. The molecule has 4 nitrogen and oxygen atoms in total. The first kappa shape index (κ1) is 11.7. The summed E-state index contributed by atoms with van der Waals surface area (Å²) >= 11 is 0. The van der Waals surface area contributed by atoms with E-state index in [1.165, 1.54) is 0 Å². The van der Waals surface area contributed by atoms with Crippen LogP contribution >= 0.6 is 0 Å². The van der Waals surface area contributed by atoms with E-state index in [2.05, 4.69) is 0 Å². The van der Waals surface area contributed by atoms with E-state index in [1.807, 2.05) is 0 Å². The normalized spacial score (nSPS) is 29.6. The van der Waals surface area contributed by atoms with Crippen molar-refractivity contribution in [3.63, 3.8) is 0 Å². The first-order chi connectivity index (χ1) is 6.52. The molecule has 0 spiro atoms. The molecule has 0 aromatic heterocycles. The van der Waals surface area contributed by atoms with Crippen molar-refractivity contribution in [3.05, 3.63) is 0 Å². The monoisotopic (exact) mass is 218 g/mol. The van der Waals surface area contributed by atoms with Crippen LogP contribution in [0.3, 0.4) is 0 Å². The number of hydrogen-bond donors (Lipinski definition) is 1. The molecule has 82 valence electrons. The van der Waals surface area contributed by atoms with Gasteiger partial charge in [-0.2, -0.15) is 0 Å². The molecule has 0 aromatic rings. The second-order valence-electron chi connectivity index (χ2n) is 3.82. The molecule has 0 radical (unpaired) electrons. The molecule has 1 atom stereocenters. The highest BCUT2D eigenvalue weighted by Crippen LogP contribution is 2.15. The van der Waals surface area contributed by atoms with Gasteiger partial charge in [-0.05, 0) is 19.8 Å². The number of hydrogen-bond acceptors (Lipinski definition) is 3. The standard InChI is InChI=1S/C9H18N2O2S/c1-7(10)9(12)11(2)8-3-5-14(13)6-4-8/h7-8H,3-6,10H2,1-2H3. The number of nitrogens with zero attached hydrogens (tertiary/aromatic N) is 1. The van der Waals surface area contributed by atoms with Crippen LogP contribution in [0.15, 0.2) is 0 Å². The number of rotatable bonds is 2. The van der Waals surface area contributed by atoms with Gasteiger partial charge in [0.1, 0.15) is 0 Å². The lowest BCUT2D eigenvalue weighted by molar-refractivity contribution is -0.133. The summed E-state index contributed by atoms with van der Waals surface area (Å²) in [6.07, 6.45) is 1.67. The third-order valence-corrected chi connectivity index (χ3v) is 4.02. The lowest BCUT2D eigenvalue weighted by Crippen LogP contribution is -2.47. The number of nitrogens with two attached hydrogens (primary N) is 1. The van der Waals surface area contributed by atoms with Crippen LogP contribution < -0.4 is 5.73 Å². The zero-order chi connectivity index (χ0) is 10.7. The van der Waals surface area contributed by atoms with Gasteiger partial charge in [-0.15, -0.1) is 0 Å². The zero-order valence-corrected chi connectivity index (χ0v) is 9.55. The molecule has 5 heteroatoms. The molecule has 1 aliphatic heterocycles. The van der Waals surface area contributed by atoms with Crippen LogP contribution in [0.1, 0.15) is 19.8 Å². The van der Waals surface area contributed by atoms with Crippen LogP contribution in [0, 0.1) is 0 Å². The highest BCUT2D eigenvalue weighted by Gasteiger charge is 2.25. The van der Waals surface area contributed by atoms with Gasteiger partial charge in [0, 0.05) is 35.4 Å². The first-order valence-corrected chi connectivity index (χ1v) is 6.38. The lowest BCUT2D eigenvalue weighted by Gasteiger charge is -2.31. The molecule has 1 amide bonds. The third kappa shape index (κ3) is 2.78. The van der Waals surface area contributed by atoms with Crippen molar-refractivity contribution >= 4 is 16.7 Å². The maximum absolute atomic E-state index is 11.5. The topological polar surface area (TPSA) is 63.4 Å². The fourth-order valence-electron chi connectivity index (χ4n) is 1.67. The SMILES string of the molecule is CC(N)C(=O)N(C)C1CCS(=O)CC1. The summed E-state index contributed by atoms with van der Waals surface area (Å²) in [6.45, 7) is 1.69. The molecule has 1 saturated heterocycles. The van der Waals surface area contributed by atoms with E-state index >= 15 is 0 Å². The molecular weight excluding hydrogens is 200 g/mol. The quantitative estimate of drug-likeness (QED) is 0.692. The Kier molecular flexibility index (Phi) is 4.07. The summed E-state index contributed by atoms with van der Waals surface area (Å²) in [7, 11) is 1.11. The molecule has 1 fully saturated rings. The van der Waals surface area contributed by atoms with Crippen molar-refractivity contribution in [2.24, 2.45) is 5.73 Å². The van der Waals surface area contributed by atoms with E-state index in [9.17, 15) is 9.00 Å². The van der Waals surface area contributed by atoms with Crippen molar-refractivity contribution in [1.29, 1.82) is 0 Å². The van der Waals surface area contributed by atoms with Gasteiger partial charge in [0.25, 0.3) is 0 Å². The fraction of sp³-hybridized carbons (Fsp3) is 0.889. The molecule has 0 aromatic carbocycles. The number of carbonyl (C=O) groups is 1. The predicted molar refractivity (Wildman–Crippen MR) is 57.3 cm³/mol. The van der Waals surface area contributed by atoms with Gasteiger partial charge in [0.15, 0.2) is 0 Å². The Bertz CT molecular complexity index is 233. The van der Waals surface area contributed by atoms with Gasteiger partial charge in [0.05, 0.1) is 6.04 Å². The van der Waals surface area contributed by atoms with E-state index in [4.69, 9.17) is 5.73 Å². The summed E-state index contributed by atoms with van der Waals surface area (Å²) in [6, 6.07) is -0.210. The highest BCUT2D eigenvalue weighted by molar-refractivity contribution is 7.85. The van der Waals surface area contributed by atoms with Crippen LogP contribution in [0.25, 0.3) is 0 Å². The minimum Gasteiger partial charge on any atom is -0.341 e. The van der Waals surface area contributed by atoms with Crippen molar-refractivity contribution in [2.45, 2.75) is 31.8 Å². The van der Waals surface area contributed by atoms with Crippen LogP contribution in [-0.2, 0) is 15.6 Å². The Balaban J connectivity index is 2.49. The highest BCUT2D eigenvalue weighted by atomic mass is 32.2. The van der Waals surface area contributed by atoms with Crippen LogP contribution in [0.5, 0.6) is 0 Å². The summed E-state index contributed by atoms with van der Waals surface area (Å²) in [5, 5.41) is 0. The number of carbonyl (C=O) groups excluding carboxylic acids is 1. The first-order valence-electron chi connectivity index (χ1n) is 4.89. The van der Waals surface area contributed by atoms with E-state index in [0.717, 1.165) is 12.8 Å². The maximum atomic E-state index is 11.5. The Labute approximate surface area is 87.3 Å². The average Bonchev–Trinajstić information content (AvgIpc) is 2.16. The Morgan fingerprint density at radius 1 is 1.50 bits per heavy atom. The summed E-state index contributed by atoms with van der Waals surface area (Å²) in [5.74, 6) is 1.39. The van der Waals surface area contributed by atoms with Crippen LogP contribution in [0.4, 0.5) is 0 Å². The molecule has 1 rings (SSSR count). The lowest BCUT2D eigenvalue weighted by atomic mass is 10.1. The number of amides is 1. The zero-order valence-electron chi connectivity index (χ0n) is 8.73. The molecule has 0 aliphatic carbocycles. The largest absolute Gasteiger partial charge is 0.341 e. The fourth-order valence-corrected chi connectivity index (χ4v) is 2.94.